The Bertz CT molecular complexity index is 504. The van der Waals surface area contributed by atoms with Crippen LogP contribution in [-0.4, -0.2) is 46.3 Å². The molecule has 0 saturated carbocycles. The third kappa shape index (κ3) is 2.66. The molecule has 1 heterocycles. The van der Waals surface area contributed by atoms with Crippen LogP contribution in [0, 0.1) is 5.92 Å². The first-order chi connectivity index (χ1) is 8.57. The van der Waals surface area contributed by atoms with E-state index < -0.39 is 17.4 Å². The van der Waals surface area contributed by atoms with Crippen molar-refractivity contribution in [3.05, 3.63) is 30.3 Å². The molecule has 1 aliphatic heterocycles. The second-order valence-electron chi connectivity index (χ2n) is 4.42. The quantitative estimate of drug-likeness (QED) is 0.354. The molecule has 96 valence electrons. The summed E-state index contributed by atoms with van der Waals surface area (Å²) in [5.74, 6) is -0.961. The fourth-order valence-corrected chi connectivity index (χ4v) is 7.41. The number of hydrogen-bond acceptors (Lipinski definition) is 3. The van der Waals surface area contributed by atoms with E-state index in [1.165, 1.54) is 12.4 Å². The van der Waals surface area contributed by atoms with Crippen LogP contribution in [0.2, 0.25) is 0 Å². The fraction of sp³-hybridized carbons (Fsp3) is 0.385. The van der Waals surface area contributed by atoms with E-state index in [0.29, 0.717) is 12.6 Å². The van der Waals surface area contributed by atoms with Gasteiger partial charge in [0.25, 0.3) is 0 Å². The van der Waals surface area contributed by atoms with Gasteiger partial charge in [-0.05, 0) is 0 Å². The van der Waals surface area contributed by atoms with Gasteiger partial charge in [0.05, 0.1) is 0 Å². The number of hydrogen-bond donors (Lipinski definition) is 0. The summed E-state index contributed by atoms with van der Waals surface area (Å²) in [6, 6.07) is 10.1. The van der Waals surface area contributed by atoms with E-state index in [1.54, 1.807) is 0 Å². The molecule has 0 bridgehead atoms. The van der Waals surface area contributed by atoms with Gasteiger partial charge in [0.1, 0.15) is 0 Å². The molecule has 1 saturated heterocycles. The van der Waals surface area contributed by atoms with Crippen molar-refractivity contribution >= 4 is 37.7 Å². The van der Waals surface area contributed by atoms with E-state index in [9.17, 15) is 9.59 Å². The number of carbonyl (C=O) groups is 2. The third-order valence-electron chi connectivity index (χ3n) is 3.30. The zero-order chi connectivity index (χ0) is 13.2. The molecule has 0 spiro atoms. The summed E-state index contributed by atoms with van der Waals surface area (Å²) in [7, 11) is 1.34. The van der Waals surface area contributed by atoms with Gasteiger partial charge in [0, 0.05) is 0 Å². The van der Waals surface area contributed by atoms with Crippen molar-refractivity contribution in [2.45, 2.75) is 6.42 Å². The van der Waals surface area contributed by atoms with Crippen LogP contribution in [0.3, 0.4) is 0 Å². The first-order valence-corrected chi connectivity index (χ1v) is 10.2. The Balaban J connectivity index is 2.29. The molecule has 1 fully saturated rings. The van der Waals surface area contributed by atoms with Gasteiger partial charge in [-0.3, -0.25) is 0 Å². The third-order valence-corrected chi connectivity index (χ3v) is 9.85. The van der Waals surface area contributed by atoms with Crippen LogP contribution in [-0.2, 0) is 14.3 Å². The SMILES string of the molecule is COC(=O)[C@@H]1C[P@](=[Se])(c2ccccc2)CCC1=O. The molecule has 18 heavy (non-hydrogen) atoms. The molecule has 0 N–H and O–H groups in total. The Morgan fingerprint density at radius 2 is 2.06 bits per heavy atom. The van der Waals surface area contributed by atoms with Crippen LogP contribution in [0.15, 0.2) is 30.3 Å². The molecule has 0 aliphatic carbocycles. The van der Waals surface area contributed by atoms with Gasteiger partial charge in [-0.1, -0.05) is 0 Å². The Hall–Kier alpha value is -0.691. The van der Waals surface area contributed by atoms with E-state index in [0.717, 1.165) is 6.16 Å². The molecular weight excluding hydrogens is 314 g/mol. The molecule has 0 radical (unpaired) electrons. The summed E-state index contributed by atoms with van der Waals surface area (Å²) in [5, 5.41) is 1.24. The molecule has 1 aromatic carbocycles. The molecule has 3 nitrogen and oxygen atoms in total. The molecule has 0 aromatic heterocycles. The summed E-state index contributed by atoms with van der Waals surface area (Å²) < 4.78 is 4.73. The molecule has 5 heteroatoms. The number of Topliss-reactive ketones (excluding diaryl/α,β-unsaturated/α-hetero) is 1. The number of carbonyl (C=O) groups excluding carboxylic acids is 2. The molecule has 1 aliphatic rings. The fourth-order valence-electron chi connectivity index (χ4n) is 2.24. The minimum absolute atomic E-state index is 0.0173. The number of esters is 1. The van der Waals surface area contributed by atoms with Crippen molar-refractivity contribution in [1.29, 1.82) is 0 Å². The summed E-state index contributed by atoms with van der Waals surface area (Å²) in [4.78, 5) is 23.5. The van der Waals surface area contributed by atoms with Crippen LogP contribution in [0.25, 0.3) is 0 Å². The predicted octanol–water partition coefficient (Wildman–Crippen LogP) is 1.17. The Kier molecular flexibility index (Phi) is 4.21. The molecule has 0 unspecified atom stereocenters. The van der Waals surface area contributed by atoms with Gasteiger partial charge in [0.15, 0.2) is 0 Å². The van der Waals surface area contributed by atoms with Crippen LogP contribution < -0.4 is 5.30 Å². The second-order valence-corrected chi connectivity index (χ2v) is 11.9. The van der Waals surface area contributed by atoms with Crippen LogP contribution >= 0.6 is 5.51 Å². The first kappa shape index (κ1) is 13.7. The molecule has 1 aromatic rings. The number of benzene rings is 1. The average Bonchev–Trinajstić information content (AvgIpc) is 2.42. The second kappa shape index (κ2) is 5.52. The van der Waals surface area contributed by atoms with Crippen molar-refractivity contribution in [1.82, 2.24) is 0 Å². The monoisotopic (exact) mass is 330 g/mol. The maximum atomic E-state index is 11.8. The van der Waals surface area contributed by atoms with Crippen molar-refractivity contribution in [2.24, 2.45) is 5.92 Å². The minimum atomic E-state index is -1.52. The summed E-state index contributed by atoms with van der Waals surface area (Å²) >= 11 is 3.29. The topological polar surface area (TPSA) is 43.4 Å². The summed E-state index contributed by atoms with van der Waals surface area (Å²) in [6.07, 6.45) is 1.92. The zero-order valence-electron chi connectivity index (χ0n) is 10.2. The van der Waals surface area contributed by atoms with E-state index in [2.05, 4.69) is 27.2 Å². The van der Waals surface area contributed by atoms with Gasteiger partial charge in [0.2, 0.25) is 0 Å². The predicted molar refractivity (Wildman–Crippen MR) is 73.6 cm³/mol. The van der Waals surface area contributed by atoms with Gasteiger partial charge in [-0.2, -0.15) is 0 Å². The zero-order valence-corrected chi connectivity index (χ0v) is 12.8. The van der Waals surface area contributed by atoms with Crippen molar-refractivity contribution in [3.63, 3.8) is 0 Å². The Morgan fingerprint density at radius 3 is 2.67 bits per heavy atom. The molecule has 2 atom stereocenters. The number of rotatable bonds is 2. The van der Waals surface area contributed by atoms with Crippen molar-refractivity contribution in [2.75, 3.05) is 19.4 Å². The number of ketones is 1. The van der Waals surface area contributed by atoms with E-state index in [4.69, 9.17) is 4.74 Å². The summed E-state index contributed by atoms with van der Waals surface area (Å²) in [5.41, 5.74) is -1.52. The Morgan fingerprint density at radius 1 is 1.39 bits per heavy atom. The molecular formula is C13H15O3PSe. The number of methoxy groups -OCH3 is 1. The molecule has 2 rings (SSSR count). The van der Waals surface area contributed by atoms with E-state index in [1.807, 2.05) is 18.2 Å². The van der Waals surface area contributed by atoms with Crippen molar-refractivity contribution < 1.29 is 14.3 Å². The van der Waals surface area contributed by atoms with Crippen LogP contribution in [0.5, 0.6) is 0 Å². The number of ether oxygens (including phenoxy) is 1. The van der Waals surface area contributed by atoms with Gasteiger partial charge >= 0.3 is 114 Å². The average molecular weight is 329 g/mol. The maximum absolute atomic E-state index is 11.8. The van der Waals surface area contributed by atoms with Gasteiger partial charge in [-0.15, -0.1) is 0 Å². The van der Waals surface area contributed by atoms with Gasteiger partial charge < -0.3 is 0 Å². The summed E-state index contributed by atoms with van der Waals surface area (Å²) in [6.45, 7) is 0. The first-order valence-electron chi connectivity index (χ1n) is 5.81. The normalized spacial score (nSPS) is 27.8. The van der Waals surface area contributed by atoms with E-state index in [-0.39, 0.29) is 5.78 Å². The van der Waals surface area contributed by atoms with Crippen LogP contribution in [0.4, 0.5) is 0 Å². The standard InChI is InChI=1S/C13H15O3PSe/c1-16-13(15)11-9-17(18,8-7-12(11)14)10-5-3-2-4-6-10/h2-6,11H,7-9H2,1H3/t11-,17+/m1/s1. The Labute approximate surface area is 114 Å². The van der Waals surface area contributed by atoms with Gasteiger partial charge in [-0.25, -0.2) is 0 Å². The van der Waals surface area contributed by atoms with E-state index >= 15 is 0 Å². The molecule has 0 amide bonds. The van der Waals surface area contributed by atoms with Crippen LogP contribution in [0.1, 0.15) is 6.42 Å². The van der Waals surface area contributed by atoms with Crippen molar-refractivity contribution in [3.8, 4) is 0 Å².